The van der Waals surface area contributed by atoms with Gasteiger partial charge in [-0.25, -0.2) is 0 Å². The number of hydrogen-bond acceptors (Lipinski definition) is 4. The zero-order valence-electron chi connectivity index (χ0n) is 9.87. The average molecular weight is 294 g/mol. The van der Waals surface area contributed by atoms with E-state index in [0.717, 1.165) is 12.1 Å². The minimum Gasteiger partial charge on any atom is -0.321 e. The molecular weight excluding hydrogens is 281 g/mol. The maximum absolute atomic E-state index is 12.0. The van der Waals surface area contributed by atoms with Gasteiger partial charge in [0, 0.05) is 11.1 Å². The fourth-order valence-corrected chi connectivity index (χ4v) is 3.00. The van der Waals surface area contributed by atoms with Crippen LogP contribution in [0.2, 0.25) is 5.02 Å². The summed E-state index contributed by atoms with van der Waals surface area (Å²) in [5.41, 5.74) is -0.478. The highest BCUT2D eigenvalue weighted by Gasteiger charge is 2.33. The molecular formula is C10H13ClNO5P. The van der Waals surface area contributed by atoms with Crippen molar-refractivity contribution in [2.75, 3.05) is 0 Å². The fraction of sp³-hybridized carbons (Fsp3) is 0.400. The molecule has 0 spiro atoms. The van der Waals surface area contributed by atoms with Crippen LogP contribution in [-0.4, -0.2) is 15.9 Å². The van der Waals surface area contributed by atoms with Crippen molar-refractivity contribution in [3.8, 4) is 0 Å². The first-order valence-electron chi connectivity index (χ1n) is 5.23. The Labute approximate surface area is 109 Å². The van der Waals surface area contributed by atoms with E-state index >= 15 is 0 Å². The average Bonchev–Trinajstić information content (AvgIpc) is 2.27. The van der Waals surface area contributed by atoms with Crippen molar-refractivity contribution in [1.82, 2.24) is 0 Å². The van der Waals surface area contributed by atoms with Gasteiger partial charge in [-0.3, -0.25) is 14.7 Å². The SMILES string of the molecule is CCC(C)OP(=O)(O)c1cc(Cl)ccc1[N+](=O)[O-]. The molecule has 0 heterocycles. The topological polar surface area (TPSA) is 89.7 Å². The molecule has 2 atom stereocenters. The number of nitro groups is 1. The summed E-state index contributed by atoms with van der Waals surface area (Å²) >= 11 is 5.69. The summed E-state index contributed by atoms with van der Waals surface area (Å²) < 4.78 is 17.0. The Morgan fingerprint density at radius 2 is 2.22 bits per heavy atom. The van der Waals surface area contributed by atoms with Crippen molar-refractivity contribution < 1.29 is 18.9 Å². The molecule has 1 aromatic carbocycles. The summed E-state index contributed by atoms with van der Waals surface area (Å²) in [4.78, 5) is 19.9. The minimum absolute atomic E-state index is 0.137. The smallest absolute Gasteiger partial charge is 0.321 e. The molecule has 0 saturated heterocycles. The second kappa shape index (κ2) is 5.80. The van der Waals surface area contributed by atoms with E-state index < -0.39 is 24.3 Å². The van der Waals surface area contributed by atoms with Crippen LogP contribution in [-0.2, 0) is 9.09 Å². The molecule has 8 heteroatoms. The number of hydrogen-bond donors (Lipinski definition) is 1. The van der Waals surface area contributed by atoms with Crippen LogP contribution >= 0.6 is 19.2 Å². The maximum atomic E-state index is 12.0. The van der Waals surface area contributed by atoms with Gasteiger partial charge in [0.15, 0.2) is 0 Å². The van der Waals surface area contributed by atoms with Gasteiger partial charge in [0.1, 0.15) is 5.30 Å². The van der Waals surface area contributed by atoms with Gasteiger partial charge in [0.2, 0.25) is 0 Å². The predicted molar refractivity (Wildman–Crippen MR) is 68.4 cm³/mol. The number of halogens is 1. The maximum Gasteiger partial charge on any atom is 0.366 e. The van der Waals surface area contributed by atoms with Crippen molar-refractivity contribution in [1.29, 1.82) is 0 Å². The summed E-state index contributed by atoms with van der Waals surface area (Å²) in [5.74, 6) is 0. The molecule has 0 aliphatic rings. The van der Waals surface area contributed by atoms with Crippen molar-refractivity contribution in [3.63, 3.8) is 0 Å². The first-order chi connectivity index (χ1) is 8.27. The van der Waals surface area contributed by atoms with Crippen molar-refractivity contribution in [3.05, 3.63) is 33.3 Å². The monoisotopic (exact) mass is 293 g/mol. The zero-order valence-corrected chi connectivity index (χ0v) is 11.5. The Balaban J connectivity index is 3.25. The molecule has 0 aliphatic heterocycles. The van der Waals surface area contributed by atoms with Gasteiger partial charge >= 0.3 is 7.60 Å². The summed E-state index contributed by atoms with van der Waals surface area (Å²) in [6.07, 6.45) is 0.0262. The standard InChI is InChI=1S/C10H13ClNO5P/c1-3-7(2)17-18(15,16)10-6-8(11)4-5-9(10)12(13)14/h4-7H,3H2,1-2H3,(H,15,16). The second-order valence-corrected chi connectivity index (χ2v) is 5.90. The van der Waals surface area contributed by atoms with Crippen LogP contribution in [0.25, 0.3) is 0 Å². The van der Waals surface area contributed by atoms with E-state index in [9.17, 15) is 19.6 Å². The summed E-state index contributed by atoms with van der Waals surface area (Å²) in [7, 11) is -4.26. The molecule has 18 heavy (non-hydrogen) atoms. The molecule has 6 nitrogen and oxygen atoms in total. The van der Waals surface area contributed by atoms with Gasteiger partial charge in [-0.1, -0.05) is 18.5 Å². The number of rotatable bonds is 5. The lowest BCUT2D eigenvalue weighted by Crippen LogP contribution is -2.16. The van der Waals surface area contributed by atoms with E-state index in [1.54, 1.807) is 13.8 Å². The highest BCUT2D eigenvalue weighted by atomic mass is 35.5. The van der Waals surface area contributed by atoms with Crippen LogP contribution in [0.3, 0.4) is 0 Å². The van der Waals surface area contributed by atoms with Gasteiger partial charge in [-0.15, -0.1) is 0 Å². The van der Waals surface area contributed by atoms with Crippen LogP contribution in [0, 0.1) is 10.1 Å². The summed E-state index contributed by atoms with van der Waals surface area (Å²) in [6, 6.07) is 3.45. The molecule has 0 fully saturated rings. The predicted octanol–water partition coefficient (Wildman–Crippen LogP) is 2.87. The second-order valence-electron chi connectivity index (χ2n) is 3.73. The first kappa shape index (κ1) is 15.1. The van der Waals surface area contributed by atoms with Crippen molar-refractivity contribution >= 4 is 30.2 Å². The van der Waals surface area contributed by atoms with Crippen molar-refractivity contribution in [2.45, 2.75) is 26.4 Å². The Kier molecular flexibility index (Phi) is 4.87. The van der Waals surface area contributed by atoms with Gasteiger partial charge in [-0.2, -0.15) is 0 Å². The number of nitrogens with zero attached hydrogens (tertiary/aromatic N) is 1. The third-order valence-electron chi connectivity index (χ3n) is 2.34. The number of nitro benzene ring substituents is 1. The van der Waals surface area contributed by atoms with E-state index in [0.29, 0.717) is 6.42 Å². The number of benzene rings is 1. The van der Waals surface area contributed by atoms with Crippen LogP contribution in [0.15, 0.2) is 18.2 Å². The molecule has 0 amide bonds. The Bertz CT molecular complexity index is 507. The van der Waals surface area contributed by atoms with Gasteiger partial charge in [0.05, 0.1) is 11.0 Å². The Morgan fingerprint density at radius 3 is 2.72 bits per heavy atom. The fourth-order valence-electron chi connectivity index (χ4n) is 1.25. The summed E-state index contributed by atoms with van der Waals surface area (Å²) in [6.45, 7) is 3.39. The molecule has 0 bridgehead atoms. The van der Waals surface area contributed by atoms with Gasteiger partial charge in [-0.05, 0) is 25.5 Å². The molecule has 0 aliphatic carbocycles. The third-order valence-corrected chi connectivity index (χ3v) is 4.18. The molecule has 0 saturated carbocycles. The van der Waals surface area contributed by atoms with E-state index in [-0.39, 0.29) is 10.3 Å². The Morgan fingerprint density at radius 1 is 1.61 bits per heavy atom. The minimum atomic E-state index is -4.26. The third kappa shape index (κ3) is 3.53. The summed E-state index contributed by atoms with van der Waals surface area (Å²) in [5, 5.41) is 10.6. The lowest BCUT2D eigenvalue weighted by atomic mass is 10.3. The van der Waals surface area contributed by atoms with E-state index in [4.69, 9.17) is 16.1 Å². The van der Waals surface area contributed by atoms with E-state index in [1.807, 2.05) is 0 Å². The molecule has 2 unspecified atom stereocenters. The molecule has 1 aromatic rings. The highest BCUT2D eigenvalue weighted by molar-refractivity contribution is 7.61. The molecule has 1 N–H and O–H groups in total. The van der Waals surface area contributed by atoms with Gasteiger partial charge < -0.3 is 9.42 Å². The zero-order chi connectivity index (χ0) is 13.9. The van der Waals surface area contributed by atoms with Crippen LogP contribution in [0.4, 0.5) is 5.69 Å². The molecule has 100 valence electrons. The van der Waals surface area contributed by atoms with Gasteiger partial charge in [0.25, 0.3) is 5.69 Å². The molecule has 0 radical (unpaired) electrons. The first-order valence-corrected chi connectivity index (χ1v) is 7.19. The lowest BCUT2D eigenvalue weighted by Gasteiger charge is -2.16. The van der Waals surface area contributed by atoms with E-state index in [1.165, 1.54) is 6.07 Å². The van der Waals surface area contributed by atoms with E-state index in [2.05, 4.69) is 0 Å². The highest BCUT2D eigenvalue weighted by Crippen LogP contribution is 2.45. The lowest BCUT2D eigenvalue weighted by molar-refractivity contribution is -0.383. The van der Waals surface area contributed by atoms with Crippen LogP contribution < -0.4 is 5.30 Å². The van der Waals surface area contributed by atoms with Crippen LogP contribution in [0.5, 0.6) is 0 Å². The normalized spacial score (nSPS) is 16.0. The quantitative estimate of drug-likeness (QED) is 0.512. The van der Waals surface area contributed by atoms with Crippen molar-refractivity contribution in [2.24, 2.45) is 0 Å². The Hall–Kier alpha value is -0.940. The van der Waals surface area contributed by atoms with Crippen LogP contribution in [0.1, 0.15) is 20.3 Å². The largest absolute Gasteiger partial charge is 0.366 e. The molecule has 1 rings (SSSR count). The molecule has 0 aromatic heterocycles.